The Morgan fingerprint density at radius 3 is 2.64 bits per heavy atom. The topological polar surface area (TPSA) is 78.2 Å². The van der Waals surface area contributed by atoms with E-state index >= 15 is 0 Å². The summed E-state index contributed by atoms with van der Waals surface area (Å²) in [6, 6.07) is 1.92. The van der Waals surface area contributed by atoms with Crippen molar-refractivity contribution in [1.29, 1.82) is 5.26 Å². The Hall–Kier alpha value is -1.37. The van der Waals surface area contributed by atoms with Crippen LogP contribution in [0.15, 0.2) is 0 Å². The minimum Gasteiger partial charge on any atom is -0.480 e. The molecule has 3 saturated carbocycles. The lowest BCUT2D eigenvalue weighted by atomic mass is 9.56. The summed E-state index contributed by atoms with van der Waals surface area (Å²) < 4.78 is 0. The number of aliphatic carboxylic acids is 1. The number of carbonyl (C=O) groups is 2. The van der Waals surface area contributed by atoms with Crippen molar-refractivity contribution in [2.75, 3.05) is 0 Å². The predicted octanol–water partition coefficient (Wildman–Crippen LogP) is 0.970. The molecule has 0 aromatic heterocycles. The quantitative estimate of drug-likeness (QED) is 0.673. The maximum atomic E-state index is 11.4. The highest BCUT2D eigenvalue weighted by molar-refractivity contribution is 5.88. The highest BCUT2D eigenvalue weighted by Crippen LogP contribution is 2.50. The Bertz CT molecular complexity index is 344. The number of carboxylic acids is 1. The minimum absolute atomic E-state index is 0.147. The van der Waals surface area contributed by atoms with Crippen LogP contribution in [0.25, 0.3) is 0 Å². The van der Waals surface area contributed by atoms with Crippen molar-refractivity contribution in [2.45, 2.75) is 25.7 Å². The molecule has 3 rings (SSSR count). The molecule has 3 fully saturated rings. The van der Waals surface area contributed by atoms with Gasteiger partial charge >= 0.3 is 5.97 Å². The molecule has 3 aliphatic rings. The fourth-order valence-corrected chi connectivity index (χ4v) is 2.71. The summed E-state index contributed by atoms with van der Waals surface area (Å²) in [5.74, 6) is -1.35. The van der Waals surface area contributed by atoms with Crippen LogP contribution in [0.2, 0.25) is 0 Å². The van der Waals surface area contributed by atoms with Gasteiger partial charge in [0.2, 0.25) is 0 Å². The van der Waals surface area contributed by atoms with E-state index in [0.717, 1.165) is 6.42 Å². The first-order valence-electron chi connectivity index (χ1n) is 4.77. The fourth-order valence-electron chi connectivity index (χ4n) is 2.71. The lowest BCUT2D eigenvalue weighted by Crippen LogP contribution is -2.49. The van der Waals surface area contributed by atoms with Crippen LogP contribution in [-0.2, 0) is 9.59 Å². The van der Waals surface area contributed by atoms with E-state index in [4.69, 9.17) is 10.4 Å². The van der Waals surface area contributed by atoms with Crippen LogP contribution in [-0.4, -0.2) is 16.9 Å². The molecular weight excluding hydrogens is 182 g/mol. The van der Waals surface area contributed by atoms with Gasteiger partial charge in [0.15, 0.2) is 5.41 Å². The lowest BCUT2D eigenvalue weighted by Gasteiger charge is -2.43. The number of carbonyl (C=O) groups excluding carboxylic acids is 1. The molecule has 3 atom stereocenters. The zero-order chi connectivity index (χ0) is 10.3. The van der Waals surface area contributed by atoms with Crippen molar-refractivity contribution in [1.82, 2.24) is 0 Å². The normalized spacial score (nSPS) is 40.6. The second-order valence-corrected chi connectivity index (χ2v) is 4.23. The van der Waals surface area contributed by atoms with Gasteiger partial charge in [-0.15, -0.1) is 0 Å². The largest absolute Gasteiger partial charge is 0.480 e. The van der Waals surface area contributed by atoms with E-state index in [2.05, 4.69) is 0 Å². The SMILES string of the molecule is N#CC1(C(=O)O)CC2CCC1CC2=O. The van der Waals surface area contributed by atoms with Crippen LogP contribution in [0.5, 0.6) is 0 Å². The zero-order valence-electron chi connectivity index (χ0n) is 7.69. The average Bonchev–Trinajstić information content (AvgIpc) is 2.18. The molecule has 0 aliphatic heterocycles. The van der Waals surface area contributed by atoms with Crippen molar-refractivity contribution in [3.8, 4) is 6.07 Å². The standard InChI is InChI=1S/C10H11NO3/c11-5-10(9(13)14)4-6-1-2-7(10)3-8(6)12/h6-7H,1-4H2,(H,13,14). The van der Waals surface area contributed by atoms with Gasteiger partial charge in [-0.25, -0.2) is 0 Å². The third-order valence-corrected chi connectivity index (χ3v) is 3.61. The molecule has 14 heavy (non-hydrogen) atoms. The summed E-state index contributed by atoms with van der Waals surface area (Å²) >= 11 is 0. The van der Waals surface area contributed by atoms with Crippen molar-refractivity contribution >= 4 is 11.8 Å². The second-order valence-electron chi connectivity index (χ2n) is 4.23. The summed E-state index contributed by atoms with van der Waals surface area (Å²) in [5, 5.41) is 18.0. The predicted molar refractivity (Wildman–Crippen MR) is 46.1 cm³/mol. The fraction of sp³-hybridized carbons (Fsp3) is 0.700. The van der Waals surface area contributed by atoms with E-state index in [-0.39, 0.29) is 30.5 Å². The van der Waals surface area contributed by atoms with Gasteiger partial charge in [0.05, 0.1) is 6.07 Å². The van der Waals surface area contributed by atoms with Gasteiger partial charge in [0.25, 0.3) is 0 Å². The molecular formula is C10H11NO3. The van der Waals surface area contributed by atoms with Crippen LogP contribution in [0.1, 0.15) is 25.7 Å². The van der Waals surface area contributed by atoms with Crippen molar-refractivity contribution < 1.29 is 14.7 Å². The number of nitrogens with zero attached hydrogens (tertiary/aromatic N) is 1. The Morgan fingerprint density at radius 2 is 2.29 bits per heavy atom. The molecule has 0 amide bonds. The van der Waals surface area contributed by atoms with Gasteiger partial charge in [-0.3, -0.25) is 9.59 Å². The number of nitriles is 1. The summed E-state index contributed by atoms with van der Waals surface area (Å²) in [7, 11) is 0. The number of hydrogen-bond acceptors (Lipinski definition) is 3. The molecule has 3 aliphatic carbocycles. The molecule has 74 valence electrons. The van der Waals surface area contributed by atoms with Crippen LogP contribution in [0.3, 0.4) is 0 Å². The maximum absolute atomic E-state index is 11.4. The number of rotatable bonds is 1. The molecule has 2 bridgehead atoms. The molecule has 0 aromatic carbocycles. The molecule has 3 unspecified atom stereocenters. The van der Waals surface area contributed by atoms with Crippen LogP contribution in [0.4, 0.5) is 0 Å². The smallest absolute Gasteiger partial charge is 0.324 e. The third-order valence-electron chi connectivity index (χ3n) is 3.61. The Kier molecular flexibility index (Phi) is 1.84. The second kappa shape index (κ2) is 2.81. The third kappa shape index (κ3) is 0.985. The number of fused-ring (bicyclic) bond motifs is 3. The molecule has 0 heterocycles. The molecule has 0 radical (unpaired) electrons. The number of carboxylic acid groups (broad SMARTS) is 1. The summed E-state index contributed by atoms with van der Waals surface area (Å²) in [6.45, 7) is 0. The average molecular weight is 193 g/mol. The monoisotopic (exact) mass is 193 g/mol. The van der Waals surface area contributed by atoms with Crippen molar-refractivity contribution in [2.24, 2.45) is 17.3 Å². The highest BCUT2D eigenvalue weighted by Gasteiger charge is 2.56. The van der Waals surface area contributed by atoms with Gasteiger partial charge in [-0.1, -0.05) is 0 Å². The van der Waals surface area contributed by atoms with E-state index in [1.165, 1.54) is 0 Å². The lowest BCUT2D eigenvalue weighted by molar-refractivity contribution is -0.157. The van der Waals surface area contributed by atoms with Crippen LogP contribution in [0, 0.1) is 28.6 Å². The number of Topliss-reactive ketones (excluding diaryl/α,β-unsaturated/α-hetero) is 1. The highest BCUT2D eigenvalue weighted by atomic mass is 16.4. The van der Waals surface area contributed by atoms with E-state index in [1.54, 1.807) is 0 Å². The first-order valence-corrected chi connectivity index (χ1v) is 4.77. The zero-order valence-corrected chi connectivity index (χ0v) is 7.69. The van der Waals surface area contributed by atoms with E-state index in [9.17, 15) is 9.59 Å². The Balaban J connectivity index is 2.37. The summed E-state index contributed by atoms with van der Waals surface area (Å²) in [4.78, 5) is 22.4. The van der Waals surface area contributed by atoms with Gasteiger partial charge in [-0.2, -0.15) is 5.26 Å². The van der Waals surface area contributed by atoms with Crippen molar-refractivity contribution in [3.63, 3.8) is 0 Å². The first kappa shape index (κ1) is 9.20. The Labute approximate surface area is 81.5 Å². The van der Waals surface area contributed by atoms with E-state index in [0.29, 0.717) is 6.42 Å². The molecule has 4 nitrogen and oxygen atoms in total. The van der Waals surface area contributed by atoms with Gasteiger partial charge < -0.3 is 5.11 Å². The van der Waals surface area contributed by atoms with E-state index in [1.807, 2.05) is 6.07 Å². The maximum Gasteiger partial charge on any atom is 0.324 e. The molecule has 4 heteroatoms. The first-order chi connectivity index (χ1) is 6.60. The molecule has 0 saturated heterocycles. The summed E-state index contributed by atoms with van der Waals surface area (Å²) in [6.07, 6.45) is 1.98. The molecule has 1 N–H and O–H groups in total. The van der Waals surface area contributed by atoms with Crippen molar-refractivity contribution in [3.05, 3.63) is 0 Å². The summed E-state index contributed by atoms with van der Waals surface area (Å²) in [5.41, 5.74) is -1.28. The van der Waals surface area contributed by atoms with Crippen LogP contribution < -0.4 is 0 Å². The van der Waals surface area contributed by atoms with Gasteiger partial charge in [0, 0.05) is 12.3 Å². The number of ketones is 1. The van der Waals surface area contributed by atoms with Crippen LogP contribution >= 0.6 is 0 Å². The van der Waals surface area contributed by atoms with Gasteiger partial charge in [-0.05, 0) is 25.2 Å². The minimum atomic E-state index is -1.28. The Morgan fingerprint density at radius 1 is 1.57 bits per heavy atom. The van der Waals surface area contributed by atoms with Gasteiger partial charge in [0.1, 0.15) is 5.78 Å². The molecule has 0 aromatic rings. The van der Waals surface area contributed by atoms with E-state index < -0.39 is 11.4 Å². The number of hydrogen-bond donors (Lipinski definition) is 1. The molecule has 0 spiro atoms.